The normalized spacial score (nSPS) is 14.7. The number of carbonyl (C=O) groups excluding carboxylic acids is 1. The van der Waals surface area contributed by atoms with Gasteiger partial charge in [0, 0.05) is 13.1 Å². The molecule has 6 heteroatoms. The van der Waals surface area contributed by atoms with Crippen LogP contribution in [0.3, 0.4) is 0 Å². The van der Waals surface area contributed by atoms with E-state index in [2.05, 4.69) is 10.6 Å². The van der Waals surface area contributed by atoms with Crippen molar-refractivity contribution >= 4 is 12.0 Å². The number of aromatic carboxylic acids is 1. The summed E-state index contributed by atoms with van der Waals surface area (Å²) in [5.74, 6) is -0.959. The summed E-state index contributed by atoms with van der Waals surface area (Å²) >= 11 is 0. The molecular weight excluding hydrogens is 284 g/mol. The van der Waals surface area contributed by atoms with Crippen LogP contribution in [0.2, 0.25) is 0 Å². The second-order valence-electron chi connectivity index (χ2n) is 5.39. The van der Waals surface area contributed by atoms with E-state index in [0.29, 0.717) is 25.8 Å². The molecule has 6 nitrogen and oxygen atoms in total. The first kappa shape index (κ1) is 16.3. The molecule has 0 aliphatic heterocycles. The summed E-state index contributed by atoms with van der Waals surface area (Å²) in [7, 11) is 0. The maximum Gasteiger partial charge on any atom is 0.335 e. The number of carboxylic acids is 1. The Bertz CT molecular complexity index is 495. The lowest BCUT2D eigenvalue weighted by atomic mass is 10.1. The van der Waals surface area contributed by atoms with Crippen LogP contribution < -0.4 is 10.6 Å². The van der Waals surface area contributed by atoms with Gasteiger partial charge < -0.3 is 20.5 Å². The van der Waals surface area contributed by atoms with Crippen molar-refractivity contribution in [3.8, 4) is 0 Å². The fraction of sp³-hybridized carbons (Fsp3) is 0.500. The Morgan fingerprint density at radius 2 is 1.82 bits per heavy atom. The number of hydrogen-bond donors (Lipinski definition) is 3. The van der Waals surface area contributed by atoms with Gasteiger partial charge in [-0.05, 0) is 30.5 Å². The van der Waals surface area contributed by atoms with Crippen LogP contribution in [-0.2, 0) is 11.3 Å². The fourth-order valence-corrected chi connectivity index (χ4v) is 2.46. The number of benzene rings is 1. The van der Waals surface area contributed by atoms with Crippen LogP contribution in [0, 0.1) is 0 Å². The molecule has 0 bridgehead atoms. The largest absolute Gasteiger partial charge is 0.478 e. The van der Waals surface area contributed by atoms with E-state index in [1.807, 2.05) is 0 Å². The highest BCUT2D eigenvalue weighted by Gasteiger charge is 2.14. The summed E-state index contributed by atoms with van der Waals surface area (Å²) in [6.45, 7) is 1.38. The van der Waals surface area contributed by atoms with Crippen molar-refractivity contribution in [3.05, 3.63) is 35.4 Å². The van der Waals surface area contributed by atoms with Crippen LogP contribution in [0.5, 0.6) is 0 Å². The molecule has 120 valence electrons. The molecule has 2 amide bonds. The molecule has 0 spiro atoms. The van der Waals surface area contributed by atoms with Crippen LogP contribution in [-0.4, -0.2) is 36.4 Å². The molecule has 1 aromatic carbocycles. The average Bonchev–Trinajstić information content (AvgIpc) is 3.03. The second-order valence-corrected chi connectivity index (χ2v) is 5.39. The number of carboxylic acid groups (broad SMARTS) is 1. The number of ether oxygens (including phenoxy) is 1. The summed E-state index contributed by atoms with van der Waals surface area (Å²) < 4.78 is 5.65. The smallest absolute Gasteiger partial charge is 0.335 e. The van der Waals surface area contributed by atoms with E-state index in [0.717, 1.165) is 18.4 Å². The van der Waals surface area contributed by atoms with Crippen LogP contribution >= 0.6 is 0 Å². The van der Waals surface area contributed by atoms with E-state index in [-0.39, 0.29) is 11.6 Å². The first-order valence-electron chi connectivity index (χ1n) is 7.60. The predicted molar refractivity (Wildman–Crippen MR) is 81.8 cm³/mol. The van der Waals surface area contributed by atoms with Gasteiger partial charge >= 0.3 is 12.0 Å². The molecule has 3 N–H and O–H groups in total. The van der Waals surface area contributed by atoms with Gasteiger partial charge in [-0.2, -0.15) is 0 Å². The Balaban J connectivity index is 1.59. The van der Waals surface area contributed by atoms with E-state index in [1.54, 1.807) is 12.1 Å². The molecule has 1 saturated carbocycles. The summed E-state index contributed by atoms with van der Waals surface area (Å²) in [6.07, 6.45) is 5.08. The van der Waals surface area contributed by atoms with E-state index in [4.69, 9.17) is 9.84 Å². The Morgan fingerprint density at radius 3 is 2.45 bits per heavy atom. The third-order valence-electron chi connectivity index (χ3n) is 3.70. The van der Waals surface area contributed by atoms with Gasteiger partial charge in [0.15, 0.2) is 0 Å². The third kappa shape index (κ3) is 5.37. The highest BCUT2D eigenvalue weighted by atomic mass is 16.5. The summed E-state index contributed by atoms with van der Waals surface area (Å²) in [5, 5.41) is 14.3. The third-order valence-corrected chi connectivity index (χ3v) is 3.70. The van der Waals surface area contributed by atoms with Crippen molar-refractivity contribution in [1.29, 1.82) is 0 Å². The number of rotatable bonds is 7. The summed E-state index contributed by atoms with van der Waals surface area (Å²) in [4.78, 5) is 22.3. The predicted octanol–water partition coefficient (Wildman–Crippen LogP) is 2.14. The molecule has 1 aromatic rings. The Labute approximate surface area is 129 Å². The van der Waals surface area contributed by atoms with Crippen molar-refractivity contribution in [1.82, 2.24) is 10.6 Å². The molecule has 1 fully saturated rings. The lowest BCUT2D eigenvalue weighted by Crippen LogP contribution is -2.37. The van der Waals surface area contributed by atoms with Crippen molar-refractivity contribution in [3.63, 3.8) is 0 Å². The molecule has 1 aliphatic carbocycles. The minimum absolute atomic E-state index is 0.234. The Hall–Kier alpha value is -2.08. The minimum atomic E-state index is -0.959. The van der Waals surface area contributed by atoms with Gasteiger partial charge in [-0.25, -0.2) is 9.59 Å². The van der Waals surface area contributed by atoms with Crippen LogP contribution in [0.1, 0.15) is 41.6 Å². The summed E-state index contributed by atoms with van der Waals surface area (Å²) in [6, 6.07) is 6.16. The highest BCUT2D eigenvalue weighted by molar-refractivity contribution is 5.87. The number of carbonyl (C=O) groups is 2. The average molecular weight is 306 g/mol. The van der Waals surface area contributed by atoms with Gasteiger partial charge in [-0.3, -0.25) is 0 Å². The van der Waals surface area contributed by atoms with Gasteiger partial charge in [-0.15, -0.1) is 0 Å². The molecular formula is C16H22N2O4. The first-order valence-corrected chi connectivity index (χ1v) is 7.60. The topological polar surface area (TPSA) is 87.7 Å². The number of nitrogens with one attached hydrogen (secondary N) is 2. The van der Waals surface area contributed by atoms with E-state index >= 15 is 0 Å². The monoisotopic (exact) mass is 306 g/mol. The zero-order valence-electron chi connectivity index (χ0n) is 12.5. The zero-order chi connectivity index (χ0) is 15.8. The minimum Gasteiger partial charge on any atom is -0.478 e. The Kier molecular flexibility index (Phi) is 6.21. The second kappa shape index (κ2) is 8.38. The molecule has 0 saturated heterocycles. The molecule has 22 heavy (non-hydrogen) atoms. The summed E-state index contributed by atoms with van der Waals surface area (Å²) in [5.41, 5.74) is 1.08. The Morgan fingerprint density at radius 1 is 1.14 bits per heavy atom. The van der Waals surface area contributed by atoms with Crippen molar-refractivity contribution in [2.45, 2.75) is 38.3 Å². The van der Waals surface area contributed by atoms with E-state index in [9.17, 15) is 9.59 Å². The fourth-order valence-electron chi connectivity index (χ4n) is 2.46. The lowest BCUT2D eigenvalue weighted by molar-refractivity contribution is 0.0613. The maximum absolute atomic E-state index is 11.6. The SMILES string of the molecule is O=C(NCCOC1CCCC1)NCc1ccc(C(=O)O)cc1. The van der Waals surface area contributed by atoms with Crippen molar-refractivity contribution < 1.29 is 19.4 Å². The van der Waals surface area contributed by atoms with Crippen LogP contribution in [0.15, 0.2) is 24.3 Å². The zero-order valence-corrected chi connectivity index (χ0v) is 12.5. The van der Waals surface area contributed by atoms with Gasteiger partial charge in [0.2, 0.25) is 0 Å². The molecule has 0 unspecified atom stereocenters. The quantitative estimate of drug-likeness (QED) is 0.674. The van der Waals surface area contributed by atoms with Gasteiger partial charge in [0.05, 0.1) is 18.3 Å². The molecule has 0 atom stereocenters. The maximum atomic E-state index is 11.6. The van der Waals surface area contributed by atoms with Crippen molar-refractivity contribution in [2.24, 2.45) is 0 Å². The number of hydrogen-bond acceptors (Lipinski definition) is 3. The molecule has 0 radical (unpaired) electrons. The standard InChI is InChI=1S/C16H22N2O4/c19-15(20)13-7-5-12(6-8-13)11-18-16(21)17-9-10-22-14-3-1-2-4-14/h5-8,14H,1-4,9-11H2,(H,19,20)(H2,17,18,21). The van der Waals surface area contributed by atoms with Gasteiger partial charge in [0.1, 0.15) is 0 Å². The molecule has 1 aliphatic rings. The van der Waals surface area contributed by atoms with Crippen LogP contribution in [0.25, 0.3) is 0 Å². The molecule has 0 heterocycles. The lowest BCUT2D eigenvalue weighted by Gasteiger charge is -2.12. The first-order chi connectivity index (χ1) is 10.6. The van der Waals surface area contributed by atoms with Gasteiger partial charge in [-0.1, -0.05) is 25.0 Å². The molecule has 0 aromatic heterocycles. The number of amides is 2. The van der Waals surface area contributed by atoms with Crippen LogP contribution in [0.4, 0.5) is 4.79 Å². The number of urea groups is 1. The highest BCUT2D eigenvalue weighted by Crippen LogP contribution is 2.20. The van der Waals surface area contributed by atoms with Gasteiger partial charge in [0.25, 0.3) is 0 Å². The van der Waals surface area contributed by atoms with E-state index in [1.165, 1.54) is 25.0 Å². The van der Waals surface area contributed by atoms with E-state index < -0.39 is 5.97 Å². The molecule has 2 rings (SSSR count). The van der Waals surface area contributed by atoms with Crippen molar-refractivity contribution in [2.75, 3.05) is 13.2 Å².